The van der Waals surface area contributed by atoms with Crippen molar-refractivity contribution in [3.63, 3.8) is 0 Å². The third-order valence-corrected chi connectivity index (χ3v) is 1.91. The van der Waals surface area contributed by atoms with Crippen molar-refractivity contribution in [3.05, 3.63) is 0 Å². The van der Waals surface area contributed by atoms with Crippen molar-refractivity contribution in [2.24, 2.45) is 0 Å². The molecule has 11 heavy (non-hydrogen) atoms. The lowest BCUT2D eigenvalue weighted by Crippen LogP contribution is -2.59. The highest BCUT2D eigenvalue weighted by atomic mass is 16.3. The molecule has 0 radical (unpaired) electrons. The lowest BCUT2D eigenvalue weighted by Gasteiger charge is -2.44. The molecule has 0 atom stereocenters. The standard InChI is InChI=1S/C8H15NO2/c1-7(10)3-4-9-5-8(2,11)6-9/h11H,3-6H2,1-2H3. The molecule has 0 aromatic rings. The number of carbonyl (C=O) groups excluding carboxylic acids is 1. The van der Waals surface area contributed by atoms with Gasteiger partial charge in [0, 0.05) is 26.1 Å². The van der Waals surface area contributed by atoms with Crippen LogP contribution in [0.5, 0.6) is 0 Å². The van der Waals surface area contributed by atoms with Gasteiger partial charge in [0.1, 0.15) is 5.78 Å². The van der Waals surface area contributed by atoms with E-state index in [-0.39, 0.29) is 5.78 Å². The Kier molecular flexibility index (Phi) is 2.30. The molecule has 3 nitrogen and oxygen atoms in total. The maximum atomic E-state index is 10.6. The van der Waals surface area contributed by atoms with Crippen LogP contribution in [0.1, 0.15) is 20.3 Å². The summed E-state index contributed by atoms with van der Waals surface area (Å²) in [7, 11) is 0. The Balaban J connectivity index is 2.09. The van der Waals surface area contributed by atoms with Crippen molar-refractivity contribution in [2.75, 3.05) is 19.6 Å². The Bertz CT molecular complexity index is 157. The van der Waals surface area contributed by atoms with Crippen molar-refractivity contribution in [1.29, 1.82) is 0 Å². The summed E-state index contributed by atoms with van der Waals surface area (Å²) in [5.74, 6) is 0.219. The van der Waals surface area contributed by atoms with E-state index in [0.717, 1.165) is 6.54 Å². The molecule has 1 fully saturated rings. The topological polar surface area (TPSA) is 40.5 Å². The van der Waals surface area contributed by atoms with Gasteiger partial charge in [-0.2, -0.15) is 0 Å². The highest BCUT2D eigenvalue weighted by molar-refractivity contribution is 5.75. The summed E-state index contributed by atoms with van der Waals surface area (Å²) in [6.45, 7) is 5.63. The Morgan fingerprint density at radius 1 is 1.64 bits per heavy atom. The molecule has 64 valence electrons. The zero-order valence-electron chi connectivity index (χ0n) is 7.13. The minimum atomic E-state index is -0.503. The molecular weight excluding hydrogens is 142 g/mol. The fraction of sp³-hybridized carbons (Fsp3) is 0.875. The molecule has 0 amide bonds. The van der Waals surface area contributed by atoms with Crippen LogP contribution in [0.2, 0.25) is 0 Å². The molecule has 0 bridgehead atoms. The van der Waals surface area contributed by atoms with Gasteiger partial charge in [0.05, 0.1) is 5.60 Å². The van der Waals surface area contributed by atoms with Gasteiger partial charge in [0.15, 0.2) is 0 Å². The molecule has 1 heterocycles. The number of ketones is 1. The number of Topliss-reactive ketones (excluding diaryl/α,β-unsaturated/α-hetero) is 1. The number of aliphatic hydroxyl groups is 1. The van der Waals surface area contributed by atoms with Crippen LogP contribution in [0, 0.1) is 0 Å². The third-order valence-electron chi connectivity index (χ3n) is 1.91. The van der Waals surface area contributed by atoms with E-state index in [1.54, 1.807) is 6.92 Å². The van der Waals surface area contributed by atoms with Gasteiger partial charge < -0.3 is 5.11 Å². The first-order valence-corrected chi connectivity index (χ1v) is 3.94. The van der Waals surface area contributed by atoms with Crippen LogP contribution in [-0.2, 0) is 4.79 Å². The van der Waals surface area contributed by atoms with Crippen molar-refractivity contribution >= 4 is 5.78 Å². The highest BCUT2D eigenvalue weighted by Gasteiger charge is 2.35. The second-order valence-corrected chi connectivity index (χ2v) is 3.66. The second-order valence-electron chi connectivity index (χ2n) is 3.66. The number of rotatable bonds is 3. The lowest BCUT2D eigenvalue weighted by molar-refractivity contribution is -0.120. The van der Waals surface area contributed by atoms with Crippen LogP contribution in [0.25, 0.3) is 0 Å². The predicted octanol–water partition coefficient (Wildman–Crippen LogP) is 0.0321. The van der Waals surface area contributed by atoms with Gasteiger partial charge in [-0.05, 0) is 13.8 Å². The van der Waals surface area contributed by atoms with E-state index in [9.17, 15) is 9.90 Å². The first-order chi connectivity index (χ1) is 4.99. The quantitative estimate of drug-likeness (QED) is 0.628. The molecule has 0 saturated carbocycles. The summed E-state index contributed by atoms with van der Waals surface area (Å²) >= 11 is 0. The first-order valence-electron chi connectivity index (χ1n) is 3.94. The number of likely N-dealkylation sites (tertiary alicyclic amines) is 1. The molecule has 0 unspecified atom stereocenters. The van der Waals surface area contributed by atoms with Gasteiger partial charge in [0.25, 0.3) is 0 Å². The zero-order chi connectivity index (χ0) is 8.48. The van der Waals surface area contributed by atoms with Crippen LogP contribution in [0.4, 0.5) is 0 Å². The summed E-state index contributed by atoms with van der Waals surface area (Å²) in [4.78, 5) is 12.6. The largest absolute Gasteiger partial charge is 0.388 e. The minimum absolute atomic E-state index is 0.219. The van der Waals surface area contributed by atoms with Crippen LogP contribution >= 0.6 is 0 Å². The Labute approximate surface area is 67.0 Å². The van der Waals surface area contributed by atoms with Gasteiger partial charge in [-0.15, -0.1) is 0 Å². The van der Waals surface area contributed by atoms with E-state index in [1.807, 2.05) is 6.92 Å². The van der Waals surface area contributed by atoms with Crippen LogP contribution in [0.15, 0.2) is 0 Å². The van der Waals surface area contributed by atoms with E-state index < -0.39 is 5.60 Å². The lowest BCUT2D eigenvalue weighted by atomic mass is 9.97. The van der Waals surface area contributed by atoms with Crippen molar-refractivity contribution in [2.45, 2.75) is 25.9 Å². The molecule has 0 aromatic heterocycles. The second kappa shape index (κ2) is 2.91. The Morgan fingerprint density at radius 2 is 2.18 bits per heavy atom. The summed E-state index contributed by atoms with van der Waals surface area (Å²) in [5, 5.41) is 9.32. The molecule has 1 aliphatic rings. The smallest absolute Gasteiger partial charge is 0.131 e. The Hall–Kier alpha value is -0.410. The summed E-state index contributed by atoms with van der Waals surface area (Å²) in [6.07, 6.45) is 0.607. The molecule has 1 N–H and O–H groups in total. The molecule has 0 aromatic carbocycles. The van der Waals surface area contributed by atoms with Crippen LogP contribution < -0.4 is 0 Å². The van der Waals surface area contributed by atoms with Gasteiger partial charge in [-0.25, -0.2) is 0 Å². The summed E-state index contributed by atoms with van der Waals surface area (Å²) < 4.78 is 0. The van der Waals surface area contributed by atoms with Crippen molar-refractivity contribution < 1.29 is 9.90 Å². The predicted molar refractivity (Wildman–Crippen MR) is 42.4 cm³/mol. The number of carbonyl (C=O) groups is 1. The summed E-state index contributed by atoms with van der Waals surface area (Å²) in [6, 6.07) is 0. The normalized spacial score (nSPS) is 22.8. The van der Waals surface area contributed by atoms with E-state index in [1.165, 1.54) is 0 Å². The maximum absolute atomic E-state index is 10.6. The monoisotopic (exact) mass is 157 g/mol. The fourth-order valence-electron chi connectivity index (χ4n) is 1.39. The van der Waals surface area contributed by atoms with E-state index >= 15 is 0 Å². The Morgan fingerprint density at radius 3 is 2.55 bits per heavy atom. The van der Waals surface area contributed by atoms with Gasteiger partial charge >= 0.3 is 0 Å². The molecule has 0 spiro atoms. The maximum Gasteiger partial charge on any atom is 0.131 e. The average Bonchev–Trinajstić information content (AvgIpc) is 1.78. The van der Waals surface area contributed by atoms with E-state index in [0.29, 0.717) is 19.5 Å². The molecular formula is C8H15NO2. The summed E-state index contributed by atoms with van der Waals surface area (Å²) in [5.41, 5.74) is -0.503. The number of hydrogen-bond donors (Lipinski definition) is 1. The molecule has 1 aliphatic heterocycles. The van der Waals surface area contributed by atoms with Crippen molar-refractivity contribution in [3.8, 4) is 0 Å². The van der Waals surface area contributed by atoms with Crippen molar-refractivity contribution in [1.82, 2.24) is 4.90 Å². The molecule has 3 heteroatoms. The average molecular weight is 157 g/mol. The fourth-order valence-corrected chi connectivity index (χ4v) is 1.39. The number of nitrogens with zero attached hydrogens (tertiary/aromatic N) is 1. The number of β-amino-alcohol motifs (C(OH)–C–C–N with tert-alkyl or cyclic N) is 1. The van der Waals surface area contributed by atoms with Gasteiger partial charge in [-0.3, -0.25) is 9.69 Å². The molecule has 1 saturated heterocycles. The van der Waals surface area contributed by atoms with E-state index in [2.05, 4.69) is 4.90 Å². The SMILES string of the molecule is CC(=O)CCN1CC(C)(O)C1. The van der Waals surface area contributed by atoms with Gasteiger partial charge in [0.2, 0.25) is 0 Å². The first kappa shape index (κ1) is 8.68. The minimum Gasteiger partial charge on any atom is -0.388 e. The third kappa shape index (κ3) is 2.60. The molecule has 1 rings (SSSR count). The zero-order valence-corrected chi connectivity index (χ0v) is 7.13. The highest BCUT2D eigenvalue weighted by Crippen LogP contribution is 2.19. The van der Waals surface area contributed by atoms with Crippen LogP contribution in [-0.4, -0.2) is 41.0 Å². The van der Waals surface area contributed by atoms with Crippen LogP contribution in [0.3, 0.4) is 0 Å². The van der Waals surface area contributed by atoms with E-state index in [4.69, 9.17) is 0 Å². The van der Waals surface area contributed by atoms with Gasteiger partial charge in [-0.1, -0.05) is 0 Å². The molecule has 0 aliphatic carbocycles. The number of hydrogen-bond acceptors (Lipinski definition) is 3.